The van der Waals surface area contributed by atoms with Crippen LogP contribution in [-0.4, -0.2) is 15.1 Å². The Morgan fingerprint density at radius 1 is 0.923 bits per heavy atom. The van der Waals surface area contributed by atoms with Crippen molar-refractivity contribution in [2.75, 3.05) is 5.32 Å². The molecule has 4 aromatic rings. The minimum Gasteiger partial charge on any atom is -0.363 e. The maximum Gasteiger partial charge on any atom is 0.228 e. The molecule has 0 atom stereocenters. The van der Waals surface area contributed by atoms with Crippen molar-refractivity contribution < 1.29 is 4.52 Å². The summed E-state index contributed by atoms with van der Waals surface area (Å²) in [6.45, 7) is 6.70. The summed E-state index contributed by atoms with van der Waals surface area (Å²) in [7, 11) is 0. The van der Waals surface area contributed by atoms with Gasteiger partial charge in [-0.1, -0.05) is 59.3 Å². The van der Waals surface area contributed by atoms with Gasteiger partial charge in [0.25, 0.3) is 0 Å². The van der Waals surface area contributed by atoms with Gasteiger partial charge in [-0.2, -0.15) is 0 Å². The van der Waals surface area contributed by atoms with Crippen LogP contribution in [0.4, 0.5) is 5.82 Å². The average Bonchev–Trinajstić information content (AvgIpc) is 3.05. The lowest BCUT2D eigenvalue weighted by molar-refractivity contribution is 0.459. The molecule has 0 saturated carbocycles. The molecule has 0 aliphatic carbocycles. The van der Waals surface area contributed by atoms with Crippen LogP contribution in [0.5, 0.6) is 0 Å². The second kappa shape index (κ2) is 6.59. The van der Waals surface area contributed by atoms with Crippen molar-refractivity contribution in [3.05, 3.63) is 71.0 Å². The molecular formula is C21H20N4O. The first-order valence-electron chi connectivity index (χ1n) is 8.61. The van der Waals surface area contributed by atoms with E-state index in [4.69, 9.17) is 4.52 Å². The van der Waals surface area contributed by atoms with E-state index < -0.39 is 0 Å². The summed E-state index contributed by atoms with van der Waals surface area (Å²) in [6.07, 6.45) is 0. The summed E-state index contributed by atoms with van der Waals surface area (Å²) in [5.74, 6) is 1.35. The van der Waals surface area contributed by atoms with Crippen molar-refractivity contribution >= 4 is 16.9 Å². The highest BCUT2D eigenvalue weighted by atomic mass is 16.5. The zero-order valence-electron chi connectivity index (χ0n) is 15.1. The molecule has 0 bridgehead atoms. The summed E-state index contributed by atoms with van der Waals surface area (Å²) >= 11 is 0. The van der Waals surface area contributed by atoms with Crippen LogP contribution in [0.1, 0.15) is 22.5 Å². The number of rotatable bonds is 4. The Kier molecular flexibility index (Phi) is 4.13. The van der Waals surface area contributed by atoms with Crippen LogP contribution in [0, 0.1) is 20.8 Å². The number of aryl methyl sites for hydroxylation is 3. The lowest BCUT2D eigenvalue weighted by atomic mass is 10.1. The number of benzene rings is 2. The molecule has 0 unspecified atom stereocenters. The number of anilines is 1. The fourth-order valence-electron chi connectivity index (χ4n) is 2.95. The Bertz CT molecular complexity index is 1070. The maximum absolute atomic E-state index is 5.60. The molecule has 4 rings (SSSR count). The molecular weight excluding hydrogens is 324 g/mol. The van der Waals surface area contributed by atoms with E-state index in [9.17, 15) is 0 Å². The highest BCUT2D eigenvalue weighted by Crippen LogP contribution is 2.30. The molecule has 2 heterocycles. The summed E-state index contributed by atoms with van der Waals surface area (Å²) in [4.78, 5) is 9.07. The van der Waals surface area contributed by atoms with Crippen LogP contribution in [0.25, 0.3) is 22.4 Å². The molecule has 0 radical (unpaired) electrons. The standard InChI is InChI=1S/C21H20N4O/c1-13-8-10-16(11-9-13)18-19-20(26-25-18)21(24-15(3)23-19)22-12-17-7-5-4-6-14(17)2/h4-11H,12H2,1-3H3,(H,22,23,24). The molecule has 0 amide bonds. The van der Waals surface area contributed by atoms with Gasteiger partial charge in [-0.3, -0.25) is 0 Å². The number of nitrogens with one attached hydrogen (secondary N) is 1. The predicted octanol–water partition coefficient (Wildman–Crippen LogP) is 4.82. The number of hydrogen-bond acceptors (Lipinski definition) is 5. The van der Waals surface area contributed by atoms with E-state index in [1.807, 2.05) is 31.2 Å². The van der Waals surface area contributed by atoms with Crippen LogP contribution in [0.2, 0.25) is 0 Å². The fraction of sp³-hybridized carbons (Fsp3) is 0.190. The first kappa shape index (κ1) is 16.3. The third-order valence-corrected chi connectivity index (χ3v) is 4.46. The Labute approximate surface area is 152 Å². The summed E-state index contributed by atoms with van der Waals surface area (Å²) < 4.78 is 5.60. The van der Waals surface area contributed by atoms with Gasteiger partial charge in [-0.25, -0.2) is 9.97 Å². The molecule has 5 nitrogen and oxygen atoms in total. The van der Waals surface area contributed by atoms with E-state index in [-0.39, 0.29) is 0 Å². The summed E-state index contributed by atoms with van der Waals surface area (Å²) in [6, 6.07) is 16.5. The molecule has 0 spiro atoms. The van der Waals surface area contributed by atoms with Crippen molar-refractivity contribution in [3.8, 4) is 11.3 Å². The second-order valence-electron chi connectivity index (χ2n) is 6.47. The third-order valence-electron chi connectivity index (χ3n) is 4.46. The molecule has 2 aromatic carbocycles. The van der Waals surface area contributed by atoms with Crippen molar-refractivity contribution in [2.45, 2.75) is 27.3 Å². The van der Waals surface area contributed by atoms with Crippen LogP contribution in [0.15, 0.2) is 53.1 Å². The normalized spacial score (nSPS) is 11.0. The van der Waals surface area contributed by atoms with E-state index in [2.05, 4.69) is 58.6 Å². The van der Waals surface area contributed by atoms with Crippen molar-refractivity contribution in [1.82, 2.24) is 15.1 Å². The first-order valence-corrected chi connectivity index (χ1v) is 8.61. The zero-order chi connectivity index (χ0) is 18.1. The van der Waals surface area contributed by atoms with Gasteiger partial charge < -0.3 is 9.84 Å². The van der Waals surface area contributed by atoms with Crippen LogP contribution >= 0.6 is 0 Å². The second-order valence-corrected chi connectivity index (χ2v) is 6.47. The third kappa shape index (κ3) is 3.04. The van der Waals surface area contributed by atoms with E-state index in [1.165, 1.54) is 16.7 Å². The molecule has 0 aliphatic heterocycles. The van der Waals surface area contributed by atoms with Gasteiger partial charge in [-0.05, 0) is 31.9 Å². The Morgan fingerprint density at radius 3 is 2.46 bits per heavy atom. The number of aromatic nitrogens is 3. The summed E-state index contributed by atoms with van der Waals surface area (Å²) in [5.41, 5.74) is 6.69. The van der Waals surface area contributed by atoms with E-state index in [0.29, 0.717) is 23.8 Å². The van der Waals surface area contributed by atoms with Gasteiger partial charge in [0.05, 0.1) is 0 Å². The summed E-state index contributed by atoms with van der Waals surface area (Å²) in [5, 5.41) is 7.63. The van der Waals surface area contributed by atoms with Crippen LogP contribution in [0.3, 0.4) is 0 Å². The van der Waals surface area contributed by atoms with E-state index >= 15 is 0 Å². The van der Waals surface area contributed by atoms with Gasteiger partial charge in [-0.15, -0.1) is 0 Å². The van der Waals surface area contributed by atoms with E-state index in [0.717, 1.165) is 16.8 Å². The largest absolute Gasteiger partial charge is 0.363 e. The van der Waals surface area contributed by atoms with Gasteiger partial charge >= 0.3 is 0 Å². The molecule has 5 heteroatoms. The molecule has 1 N–H and O–H groups in total. The van der Waals surface area contributed by atoms with Crippen molar-refractivity contribution in [2.24, 2.45) is 0 Å². The number of nitrogens with zero attached hydrogens (tertiary/aromatic N) is 3. The average molecular weight is 344 g/mol. The quantitative estimate of drug-likeness (QED) is 0.575. The molecule has 0 fully saturated rings. The van der Waals surface area contributed by atoms with Gasteiger partial charge in [0.2, 0.25) is 5.58 Å². The molecule has 2 aromatic heterocycles. The Balaban J connectivity index is 1.72. The minimum absolute atomic E-state index is 0.583. The van der Waals surface area contributed by atoms with Gasteiger partial charge in [0.15, 0.2) is 5.82 Å². The lowest BCUT2D eigenvalue weighted by Crippen LogP contribution is -2.04. The lowest BCUT2D eigenvalue weighted by Gasteiger charge is -2.08. The molecule has 0 aliphatic rings. The van der Waals surface area contributed by atoms with Crippen molar-refractivity contribution in [3.63, 3.8) is 0 Å². The Hall–Kier alpha value is -3.21. The predicted molar refractivity (Wildman–Crippen MR) is 103 cm³/mol. The highest BCUT2D eigenvalue weighted by molar-refractivity contribution is 5.93. The Morgan fingerprint density at radius 2 is 1.69 bits per heavy atom. The monoisotopic (exact) mass is 344 g/mol. The topological polar surface area (TPSA) is 63.8 Å². The fourth-order valence-corrected chi connectivity index (χ4v) is 2.95. The first-order chi connectivity index (χ1) is 12.6. The smallest absolute Gasteiger partial charge is 0.228 e. The van der Waals surface area contributed by atoms with E-state index in [1.54, 1.807) is 0 Å². The van der Waals surface area contributed by atoms with Crippen molar-refractivity contribution in [1.29, 1.82) is 0 Å². The molecule has 0 saturated heterocycles. The SMILES string of the molecule is Cc1ccc(-c2noc3c(NCc4ccccc4C)nc(C)nc23)cc1. The van der Waals surface area contributed by atoms with Gasteiger partial charge in [0.1, 0.15) is 17.0 Å². The number of fused-ring (bicyclic) bond motifs is 1. The van der Waals surface area contributed by atoms with Crippen LogP contribution in [-0.2, 0) is 6.54 Å². The highest BCUT2D eigenvalue weighted by Gasteiger charge is 2.17. The maximum atomic E-state index is 5.60. The molecule has 130 valence electrons. The zero-order valence-corrected chi connectivity index (χ0v) is 15.1. The van der Waals surface area contributed by atoms with Crippen LogP contribution < -0.4 is 5.32 Å². The number of hydrogen-bond donors (Lipinski definition) is 1. The van der Waals surface area contributed by atoms with Gasteiger partial charge in [0, 0.05) is 12.1 Å². The minimum atomic E-state index is 0.583. The molecule has 26 heavy (non-hydrogen) atoms.